The summed E-state index contributed by atoms with van der Waals surface area (Å²) in [7, 11) is 1.96. The van der Waals surface area contributed by atoms with E-state index in [-0.39, 0.29) is 24.7 Å². The lowest BCUT2D eigenvalue weighted by atomic mass is 9.98. The van der Waals surface area contributed by atoms with Crippen molar-refractivity contribution in [2.45, 2.75) is 30.6 Å². The number of methoxy groups -OCH3 is 4. The summed E-state index contributed by atoms with van der Waals surface area (Å²) in [5.41, 5.74) is 2.26. The number of nitrogens with zero attached hydrogens (tertiary/aromatic N) is 1. The quantitative estimate of drug-likeness (QED) is 0.353. The van der Waals surface area contributed by atoms with E-state index in [1.807, 2.05) is 13.0 Å². The maximum absolute atomic E-state index is 14.3. The summed E-state index contributed by atoms with van der Waals surface area (Å²) < 4.78 is 69.9. The minimum Gasteiger partial charge on any atom is -0.493 e. The Morgan fingerprint density at radius 2 is 1.64 bits per heavy atom. The van der Waals surface area contributed by atoms with Crippen molar-refractivity contribution >= 4 is 10.0 Å². The van der Waals surface area contributed by atoms with Crippen LogP contribution in [-0.2, 0) is 25.9 Å². The smallest absolute Gasteiger partial charge is 0.243 e. The molecule has 39 heavy (non-hydrogen) atoms. The third kappa shape index (κ3) is 4.87. The molecular formula is C28H31NO9S. The summed E-state index contributed by atoms with van der Waals surface area (Å²) in [5.74, 6) is 2.50. The van der Waals surface area contributed by atoms with Crippen LogP contribution < -0.4 is 23.7 Å². The lowest BCUT2D eigenvalue weighted by Gasteiger charge is -2.33. The summed E-state index contributed by atoms with van der Waals surface area (Å²) in [6.45, 7) is 1.84. The van der Waals surface area contributed by atoms with E-state index in [0.29, 0.717) is 40.1 Å². The third-order valence-corrected chi connectivity index (χ3v) is 8.80. The van der Waals surface area contributed by atoms with Crippen LogP contribution >= 0.6 is 0 Å². The second-order valence-electron chi connectivity index (χ2n) is 9.12. The second-order valence-corrected chi connectivity index (χ2v) is 11.0. The van der Waals surface area contributed by atoms with Gasteiger partial charge in [-0.3, -0.25) is 0 Å². The fourth-order valence-corrected chi connectivity index (χ4v) is 6.44. The molecule has 0 bridgehead atoms. The Bertz CT molecular complexity index is 1450. The number of ether oxygens (including phenoxy) is 7. The van der Waals surface area contributed by atoms with Crippen LogP contribution in [-0.4, -0.2) is 60.8 Å². The lowest BCUT2D eigenvalue weighted by Crippen LogP contribution is -2.42. The SMILES string of the molecule is COc1ccc2c(c1OC)Oc1c(ccc3c1OCO3)C(N(CC(OC)OC)S(=O)(=O)c1ccc(C)cc1)C2. The molecule has 0 spiro atoms. The van der Waals surface area contributed by atoms with Crippen molar-refractivity contribution in [2.24, 2.45) is 0 Å². The topological polar surface area (TPSA) is 102 Å². The molecule has 0 aliphatic carbocycles. The summed E-state index contributed by atoms with van der Waals surface area (Å²) in [6.07, 6.45) is -0.565. The van der Waals surface area contributed by atoms with Gasteiger partial charge in [0, 0.05) is 25.3 Å². The molecule has 3 aromatic carbocycles. The van der Waals surface area contributed by atoms with Gasteiger partial charge in [-0.15, -0.1) is 0 Å². The molecule has 0 saturated carbocycles. The summed E-state index contributed by atoms with van der Waals surface area (Å²) in [6, 6.07) is 13.2. The van der Waals surface area contributed by atoms with Crippen molar-refractivity contribution < 1.29 is 41.6 Å². The number of fused-ring (bicyclic) bond motifs is 4. The van der Waals surface area contributed by atoms with Crippen LogP contribution in [0.4, 0.5) is 0 Å². The first-order chi connectivity index (χ1) is 18.8. The highest BCUT2D eigenvalue weighted by molar-refractivity contribution is 7.89. The van der Waals surface area contributed by atoms with Gasteiger partial charge >= 0.3 is 0 Å². The predicted molar refractivity (Wildman–Crippen MR) is 142 cm³/mol. The maximum atomic E-state index is 14.3. The number of benzene rings is 3. The van der Waals surface area contributed by atoms with Crippen molar-refractivity contribution in [3.63, 3.8) is 0 Å². The Morgan fingerprint density at radius 3 is 2.31 bits per heavy atom. The molecular weight excluding hydrogens is 526 g/mol. The standard InChI is InChI=1S/C28H31NO9S/c1-17-6-9-19(10-7-17)39(30,31)29(15-24(33-3)34-4)21-14-18-8-12-22(32-2)27(35-5)25(18)38-26-20(21)11-13-23-28(26)37-16-36-23/h6-13,21,24H,14-16H2,1-5H3. The number of sulfonamides is 1. The van der Waals surface area contributed by atoms with Gasteiger partial charge < -0.3 is 33.2 Å². The highest BCUT2D eigenvalue weighted by Crippen LogP contribution is 2.54. The average molecular weight is 558 g/mol. The van der Waals surface area contributed by atoms with E-state index in [0.717, 1.165) is 11.1 Å². The van der Waals surface area contributed by atoms with Crippen molar-refractivity contribution in [3.05, 3.63) is 65.2 Å². The Hall–Kier alpha value is -3.51. The Labute approximate surface area is 227 Å². The molecule has 1 unspecified atom stereocenters. The molecule has 2 heterocycles. The van der Waals surface area contributed by atoms with E-state index in [1.165, 1.54) is 32.7 Å². The third-order valence-electron chi connectivity index (χ3n) is 6.91. The predicted octanol–water partition coefficient (Wildman–Crippen LogP) is 4.44. The number of aryl methyl sites for hydroxylation is 1. The first-order valence-electron chi connectivity index (χ1n) is 12.3. The van der Waals surface area contributed by atoms with Gasteiger partial charge in [0.15, 0.2) is 29.3 Å². The average Bonchev–Trinajstić information content (AvgIpc) is 3.36. The van der Waals surface area contributed by atoms with Crippen LogP contribution in [0.15, 0.2) is 53.4 Å². The summed E-state index contributed by atoms with van der Waals surface area (Å²) >= 11 is 0. The molecule has 5 rings (SSSR count). The molecule has 3 aromatic rings. The van der Waals surface area contributed by atoms with Gasteiger partial charge in [-0.25, -0.2) is 8.42 Å². The molecule has 0 fully saturated rings. The zero-order valence-electron chi connectivity index (χ0n) is 22.4. The number of hydrogen-bond donors (Lipinski definition) is 0. The van der Waals surface area contributed by atoms with E-state index in [4.69, 9.17) is 33.2 Å². The van der Waals surface area contributed by atoms with Crippen molar-refractivity contribution in [2.75, 3.05) is 41.8 Å². The lowest BCUT2D eigenvalue weighted by molar-refractivity contribution is -0.110. The molecule has 0 N–H and O–H groups in total. The first kappa shape index (κ1) is 27.1. The maximum Gasteiger partial charge on any atom is 0.243 e. The molecule has 11 heteroatoms. The number of rotatable bonds is 9. The molecule has 0 saturated heterocycles. The molecule has 2 aliphatic heterocycles. The molecule has 208 valence electrons. The van der Waals surface area contributed by atoms with E-state index in [9.17, 15) is 8.42 Å². The van der Waals surface area contributed by atoms with E-state index in [2.05, 4.69) is 0 Å². The summed E-state index contributed by atoms with van der Waals surface area (Å²) in [4.78, 5) is 0.152. The van der Waals surface area contributed by atoms with E-state index in [1.54, 1.807) is 42.5 Å². The highest BCUT2D eigenvalue weighted by atomic mass is 32.2. The molecule has 0 amide bonds. The fourth-order valence-electron chi connectivity index (χ4n) is 4.85. The van der Waals surface area contributed by atoms with Gasteiger partial charge in [0.25, 0.3) is 0 Å². The van der Waals surface area contributed by atoms with Crippen molar-refractivity contribution in [1.82, 2.24) is 4.31 Å². The van der Waals surface area contributed by atoms with Crippen molar-refractivity contribution in [3.8, 4) is 34.5 Å². The molecule has 1 atom stereocenters. The van der Waals surface area contributed by atoms with Gasteiger partial charge in [0.2, 0.25) is 28.3 Å². The Balaban J connectivity index is 1.74. The monoisotopic (exact) mass is 557 g/mol. The van der Waals surface area contributed by atoms with Gasteiger partial charge in [-0.05, 0) is 43.7 Å². The molecule has 2 aliphatic rings. The van der Waals surface area contributed by atoms with E-state index >= 15 is 0 Å². The van der Waals surface area contributed by atoms with Gasteiger partial charge in [0.05, 0.1) is 31.7 Å². The fraction of sp³-hybridized carbons (Fsp3) is 0.357. The zero-order valence-corrected chi connectivity index (χ0v) is 23.2. The highest BCUT2D eigenvalue weighted by Gasteiger charge is 2.41. The minimum absolute atomic E-state index is 0.0166. The van der Waals surface area contributed by atoms with Crippen LogP contribution in [0.5, 0.6) is 34.5 Å². The van der Waals surface area contributed by atoms with Gasteiger partial charge in [-0.1, -0.05) is 23.8 Å². The van der Waals surface area contributed by atoms with Gasteiger partial charge in [0.1, 0.15) is 0 Å². The van der Waals surface area contributed by atoms with Gasteiger partial charge in [-0.2, -0.15) is 4.31 Å². The Kier molecular flexibility index (Phi) is 7.59. The Morgan fingerprint density at radius 1 is 0.897 bits per heavy atom. The van der Waals surface area contributed by atoms with Crippen LogP contribution in [0, 0.1) is 6.92 Å². The van der Waals surface area contributed by atoms with Crippen LogP contribution in [0.1, 0.15) is 22.7 Å². The van der Waals surface area contributed by atoms with Crippen LogP contribution in [0.3, 0.4) is 0 Å². The largest absolute Gasteiger partial charge is 0.493 e. The normalized spacial score (nSPS) is 15.9. The second kappa shape index (κ2) is 10.9. The molecule has 0 aromatic heterocycles. The first-order valence-corrected chi connectivity index (χ1v) is 13.7. The number of hydrogen-bond acceptors (Lipinski definition) is 9. The molecule has 0 radical (unpaired) electrons. The van der Waals surface area contributed by atoms with Crippen molar-refractivity contribution in [1.29, 1.82) is 0 Å². The minimum atomic E-state index is -4.05. The zero-order chi connectivity index (χ0) is 27.7. The van der Waals surface area contributed by atoms with Crippen LogP contribution in [0.2, 0.25) is 0 Å². The molecule has 10 nitrogen and oxygen atoms in total. The summed E-state index contributed by atoms with van der Waals surface area (Å²) in [5, 5.41) is 0. The van der Waals surface area contributed by atoms with Crippen LogP contribution in [0.25, 0.3) is 0 Å². The van der Waals surface area contributed by atoms with E-state index < -0.39 is 22.4 Å².